The molecule has 11 nitrogen and oxygen atoms in total. The molecule has 1 aliphatic rings. The molecule has 30 rings (SSSR count). The Morgan fingerprint density at radius 3 is 1.10 bits per heavy atom. The fraction of sp³-hybridized carbons (Fsp3) is 0.145. The van der Waals surface area contributed by atoms with Gasteiger partial charge in [0.05, 0.1) is 47.5 Å². The lowest BCUT2D eigenvalue weighted by Gasteiger charge is -2.23. The van der Waals surface area contributed by atoms with Crippen molar-refractivity contribution in [1.29, 1.82) is 0 Å². The van der Waals surface area contributed by atoms with Gasteiger partial charge < -0.3 is 50.3 Å². The van der Waals surface area contributed by atoms with Crippen molar-refractivity contribution in [2.24, 2.45) is 35.2 Å². The van der Waals surface area contributed by atoms with E-state index in [1.54, 1.807) is 14.2 Å². The number of aryl methyl sites for hydroxylation is 9. The molecule has 0 saturated heterocycles. The van der Waals surface area contributed by atoms with Crippen molar-refractivity contribution >= 4 is 207 Å². The van der Waals surface area contributed by atoms with Crippen LogP contribution in [0.4, 0.5) is 0 Å². The van der Waals surface area contributed by atoms with Gasteiger partial charge in [-0.2, -0.15) is 0 Å². The average Bonchev–Trinajstić information content (AvgIpc) is 1.48. The molecule has 0 aliphatic heterocycles. The molecule has 9 heterocycles. The minimum atomic E-state index is 0.0353. The highest BCUT2D eigenvalue weighted by molar-refractivity contribution is 6.23. The highest BCUT2D eigenvalue weighted by atomic mass is 16.5. The maximum atomic E-state index is 6.32. The normalized spacial score (nSPS) is 12.2. The van der Waals surface area contributed by atoms with Crippen LogP contribution in [0.1, 0.15) is 97.9 Å². The van der Waals surface area contributed by atoms with E-state index in [1.807, 2.05) is 30.3 Å². The lowest BCUT2D eigenvalue weighted by atomic mass is 9.81. The molecule has 0 amide bonds. The van der Waals surface area contributed by atoms with Crippen LogP contribution in [-0.2, 0) is 40.7 Å². The van der Waals surface area contributed by atoms with Gasteiger partial charge >= 0.3 is 0 Å². The van der Waals surface area contributed by atoms with E-state index in [0.29, 0.717) is 11.8 Å². The second-order valence-electron chi connectivity index (χ2n) is 41.4. The minimum Gasteiger partial charge on any atom is -0.497 e. The number of nitrogens with zero attached hydrogens (tertiary/aromatic N) is 7. The van der Waals surface area contributed by atoms with Crippen molar-refractivity contribution in [2.75, 3.05) is 14.2 Å². The Hall–Kier alpha value is -17.5. The Balaban J connectivity index is 0.0000000941. The predicted molar refractivity (Wildman–Crippen MR) is 634 cm³/mol. The number of ether oxygens (including phenoxy) is 2. The topological polar surface area (TPSA) is 79.3 Å². The zero-order valence-electron chi connectivity index (χ0n) is 87.5. The minimum absolute atomic E-state index is 0.0353. The molecule has 29 aromatic rings. The van der Waals surface area contributed by atoms with Crippen molar-refractivity contribution < 1.29 is 18.3 Å². The smallest absolute Gasteiger partial charge is 0.139 e. The second kappa shape index (κ2) is 37.5. The van der Waals surface area contributed by atoms with E-state index in [1.165, 1.54) is 247 Å². The number of rotatable bonds is 6. The van der Waals surface area contributed by atoms with Gasteiger partial charge in [0.25, 0.3) is 0 Å². The third-order valence-electron chi connectivity index (χ3n) is 31.6. The molecule has 0 unspecified atom stereocenters. The Morgan fingerprint density at radius 2 is 0.617 bits per heavy atom. The van der Waals surface area contributed by atoms with Gasteiger partial charge in [0.15, 0.2) is 0 Å². The van der Waals surface area contributed by atoms with Gasteiger partial charge in [-0.25, -0.2) is 0 Å². The number of fused-ring (bicyclic) bond motifs is 32. The molecule has 0 radical (unpaired) electrons. The first-order valence-electron chi connectivity index (χ1n) is 51.8. The fourth-order valence-electron chi connectivity index (χ4n) is 24.1. The van der Waals surface area contributed by atoms with Crippen LogP contribution in [0.25, 0.3) is 230 Å². The van der Waals surface area contributed by atoms with Crippen LogP contribution in [-0.4, -0.2) is 46.2 Å². The molecule has 0 atom stereocenters. The largest absolute Gasteiger partial charge is 0.497 e. The summed E-state index contributed by atoms with van der Waals surface area (Å²) in [6.07, 6.45) is 0. The molecule has 0 spiro atoms. The van der Waals surface area contributed by atoms with E-state index in [9.17, 15) is 0 Å². The molecule has 1 aliphatic carbocycles. The van der Waals surface area contributed by atoms with E-state index in [2.05, 4.69) is 506 Å². The monoisotopic (exact) mass is 1940 g/mol. The summed E-state index contributed by atoms with van der Waals surface area (Å²) < 4.78 is 39.3. The number of hydrogen-bond acceptors (Lipinski definition) is 4. The summed E-state index contributed by atoms with van der Waals surface area (Å²) in [5, 5.41) is 25.5. The van der Waals surface area contributed by atoms with Crippen molar-refractivity contribution in [1.82, 2.24) is 32.0 Å². The fourth-order valence-corrected chi connectivity index (χ4v) is 24.1. The molecule has 0 bridgehead atoms. The molecular formula is C138H119N7O4. The van der Waals surface area contributed by atoms with Crippen molar-refractivity contribution in [3.8, 4) is 34.0 Å². The van der Waals surface area contributed by atoms with Gasteiger partial charge in [0, 0.05) is 209 Å². The van der Waals surface area contributed by atoms with Crippen molar-refractivity contribution in [3.05, 3.63) is 445 Å². The van der Waals surface area contributed by atoms with E-state index in [-0.39, 0.29) is 5.41 Å². The highest BCUT2D eigenvalue weighted by Crippen LogP contribution is 2.53. The summed E-state index contributed by atoms with van der Waals surface area (Å²) in [6.45, 7) is 22.4. The van der Waals surface area contributed by atoms with Crippen LogP contribution < -0.4 is 9.47 Å². The van der Waals surface area contributed by atoms with E-state index < -0.39 is 0 Å². The van der Waals surface area contributed by atoms with Crippen molar-refractivity contribution in [3.63, 3.8) is 0 Å². The van der Waals surface area contributed by atoms with Crippen LogP contribution in [0.3, 0.4) is 0 Å². The van der Waals surface area contributed by atoms with Crippen LogP contribution >= 0.6 is 0 Å². The zero-order valence-corrected chi connectivity index (χ0v) is 87.5. The summed E-state index contributed by atoms with van der Waals surface area (Å²) in [5.41, 5.74) is 37.6. The Morgan fingerprint density at radius 1 is 0.255 bits per heavy atom. The van der Waals surface area contributed by atoms with Crippen molar-refractivity contribution in [2.45, 2.75) is 86.5 Å². The summed E-state index contributed by atoms with van der Waals surface area (Å²) in [7, 11) is 14.1. The molecule has 730 valence electrons. The average molecular weight is 1940 g/mol. The quantitative estimate of drug-likeness (QED) is 0.166. The maximum absolute atomic E-state index is 6.32. The lowest BCUT2D eigenvalue weighted by molar-refractivity contribution is 0.415. The van der Waals surface area contributed by atoms with Crippen LogP contribution in [0.2, 0.25) is 0 Å². The Bertz CT molecular complexity index is 10100. The zero-order chi connectivity index (χ0) is 102. The van der Waals surface area contributed by atoms with Gasteiger partial charge in [0.1, 0.15) is 33.8 Å². The highest BCUT2D eigenvalue weighted by Gasteiger charge is 2.38. The van der Waals surface area contributed by atoms with Crippen LogP contribution in [0, 0.1) is 27.7 Å². The maximum Gasteiger partial charge on any atom is 0.139 e. The molecule has 11 heteroatoms. The SMILES string of the molecule is CC(C)c1ccc2c(c1)c1cc(C(C)C)ccc1n2C.COc1ccc2c(c1)c1cc(OC)ccc1n2C.Cc1c2oc3ccccc3c2cc2c1c1ccccc1n2-c1cccc2ccccc12.Cc1c2oc3ccccc3c2cc2c1c1ccccc1n2-c1ccccc1.Cc1ccc2c(c1)c1cc(C)ccc1n2C.Cn1c2ccccc2c2ccc3c(c21)C(C)(C)c1ccccc1-3.Cn1c2ccccc2c2ccccc21. The number of hydrogen-bond donors (Lipinski definition) is 0. The summed E-state index contributed by atoms with van der Waals surface area (Å²) in [4.78, 5) is 0. The Labute approximate surface area is 866 Å². The molecule has 149 heavy (non-hydrogen) atoms. The molecule has 0 N–H and O–H groups in total. The number of aromatic nitrogens is 7. The summed E-state index contributed by atoms with van der Waals surface area (Å²) in [6, 6.07) is 143. The second-order valence-corrected chi connectivity index (χ2v) is 41.4. The number of benzene rings is 20. The van der Waals surface area contributed by atoms with Gasteiger partial charge in [-0.1, -0.05) is 295 Å². The van der Waals surface area contributed by atoms with E-state index in [4.69, 9.17) is 18.3 Å². The number of methoxy groups -OCH3 is 2. The van der Waals surface area contributed by atoms with E-state index >= 15 is 0 Å². The third-order valence-corrected chi connectivity index (χ3v) is 31.6. The summed E-state index contributed by atoms with van der Waals surface area (Å²) in [5.74, 6) is 2.89. The molecule has 0 saturated carbocycles. The molecule has 9 aromatic heterocycles. The third kappa shape index (κ3) is 15.7. The number of furan rings is 2. The standard InChI is InChI=1S/C29H19NO.C25H17NO.C22H19N.C19H23N.C15H15NO2.C15H15N.C13H11N/c1-18-28-22-13-4-6-14-25(22)30(24-15-8-10-19-9-2-3-11-20(19)24)26(28)17-23-21-12-5-7-16-27(21)31-29(18)23;1-16-24-19-12-5-7-13-21(19)26(17-9-3-2-4-10-17)22(24)15-20-18-11-6-8-14-23(18)27-25(16)20;1-22(2)18-10-6-4-8-14(18)16-12-13-17-15-9-5-7-11-19(15)23(3)21(17)20(16)22;1-12(2)14-6-8-18-16(10-14)17-11-15(13(3)4)7-9-19(17)20(18)5;1-16-14-6-4-10(17-2)8-12(14)13-9-11(18-3)5-7-15(13)16;1-10-4-6-14-12(8-10)13-9-11(2)5-7-15(13)16(14)3;1-14-12-8-4-2-6-10(12)11-7-3-5-9-13(11)14/h2-17H,1H3;2-15H,1H3;4-13H,1-3H3;6-13H,1-5H3;4-9H,1-3H3;4-9H,1-3H3;2-9H,1H3. The van der Waals surface area contributed by atoms with Crippen LogP contribution in [0.5, 0.6) is 11.5 Å². The molecule has 20 aromatic carbocycles. The molecule has 0 fully saturated rings. The first kappa shape index (κ1) is 93.8. The molecular weight excluding hydrogens is 1820 g/mol. The van der Waals surface area contributed by atoms with Crippen LogP contribution in [0.15, 0.2) is 409 Å². The van der Waals surface area contributed by atoms with Gasteiger partial charge in [-0.05, 0) is 236 Å². The summed E-state index contributed by atoms with van der Waals surface area (Å²) >= 11 is 0. The number of para-hydroxylation sites is 8. The predicted octanol–water partition coefficient (Wildman–Crippen LogP) is 37.0. The van der Waals surface area contributed by atoms with Gasteiger partial charge in [0.2, 0.25) is 0 Å². The lowest BCUT2D eigenvalue weighted by Crippen LogP contribution is -2.16. The first-order valence-corrected chi connectivity index (χ1v) is 51.8. The van der Waals surface area contributed by atoms with Gasteiger partial charge in [-0.3, -0.25) is 0 Å². The first-order chi connectivity index (χ1) is 72.5. The van der Waals surface area contributed by atoms with E-state index in [0.717, 1.165) is 39.2 Å². The Kier molecular flexibility index (Phi) is 23.6. The van der Waals surface area contributed by atoms with Gasteiger partial charge in [-0.15, -0.1) is 0 Å².